The van der Waals surface area contributed by atoms with Crippen molar-refractivity contribution in [1.82, 2.24) is 0 Å². The van der Waals surface area contributed by atoms with E-state index in [1.165, 1.54) is 25.7 Å². The summed E-state index contributed by atoms with van der Waals surface area (Å²) in [5.41, 5.74) is -0.633. The molecule has 9 heteroatoms. The maximum Gasteiger partial charge on any atom is 0.410 e. The van der Waals surface area contributed by atoms with Crippen molar-refractivity contribution in [1.29, 1.82) is 0 Å². The first-order valence-corrected chi connectivity index (χ1v) is 10.8. The number of rotatable bonds is 12. The van der Waals surface area contributed by atoms with Crippen molar-refractivity contribution in [3.63, 3.8) is 0 Å². The molecule has 0 heterocycles. The summed E-state index contributed by atoms with van der Waals surface area (Å²) in [5, 5.41) is 0. The van der Waals surface area contributed by atoms with Gasteiger partial charge in [-0.05, 0) is 6.42 Å². The Labute approximate surface area is 126 Å². The van der Waals surface area contributed by atoms with Crippen molar-refractivity contribution in [2.75, 3.05) is 12.7 Å². The lowest BCUT2D eigenvalue weighted by Gasteiger charge is -2.09. The van der Waals surface area contributed by atoms with Crippen LogP contribution < -0.4 is 0 Å². The molecule has 126 valence electrons. The first kappa shape index (κ1) is 21.1. The monoisotopic (exact) mass is 344 g/mol. The molecule has 21 heavy (non-hydrogen) atoms. The molecule has 0 rings (SSSR count). The van der Waals surface area contributed by atoms with Crippen LogP contribution >= 0.6 is 15.5 Å². The van der Waals surface area contributed by atoms with Crippen LogP contribution in [0.3, 0.4) is 0 Å². The smallest absolute Gasteiger partial charge is 0.320 e. The third-order valence-corrected chi connectivity index (χ3v) is 4.94. The molecule has 7 nitrogen and oxygen atoms in total. The lowest BCUT2D eigenvalue weighted by molar-refractivity contribution is 0.335. The molecule has 0 saturated carbocycles. The van der Waals surface area contributed by atoms with Gasteiger partial charge >= 0.3 is 15.5 Å². The van der Waals surface area contributed by atoms with Crippen molar-refractivity contribution in [3.05, 3.63) is 0 Å². The highest BCUT2D eigenvalue weighted by atomic mass is 31.2. The molecular formula is C12H28NO6P2+. The van der Waals surface area contributed by atoms with Crippen LogP contribution in [0.15, 0.2) is 4.99 Å². The molecule has 0 saturated heterocycles. The van der Waals surface area contributed by atoms with E-state index in [4.69, 9.17) is 24.5 Å². The number of unbranched alkanes of at least 4 members (excludes halogenated alkanes) is 7. The minimum Gasteiger partial charge on any atom is -0.320 e. The van der Waals surface area contributed by atoms with Crippen LogP contribution in [0.4, 0.5) is 0 Å². The second-order valence-electron chi connectivity index (χ2n) is 5.17. The molecule has 0 spiro atoms. The van der Waals surface area contributed by atoms with Crippen LogP contribution in [0.5, 0.6) is 0 Å². The fourth-order valence-electron chi connectivity index (χ4n) is 1.88. The molecule has 0 aromatic heterocycles. The van der Waals surface area contributed by atoms with Crippen LogP contribution in [-0.4, -0.2) is 42.6 Å². The summed E-state index contributed by atoms with van der Waals surface area (Å²) in [6, 6.07) is 0. The van der Waals surface area contributed by atoms with Gasteiger partial charge in [-0.25, -0.2) is 0 Å². The van der Waals surface area contributed by atoms with E-state index in [0.717, 1.165) is 19.3 Å². The van der Waals surface area contributed by atoms with Crippen LogP contribution in [0.1, 0.15) is 58.3 Å². The molecular weight excluding hydrogens is 316 g/mol. The van der Waals surface area contributed by atoms with E-state index in [-0.39, 0.29) is 6.54 Å². The predicted octanol–water partition coefficient (Wildman–Crippen LogP) is 2.44. The van der Waals surface area contributed by atoms with Crippen molar-refractivity contribution in [2.24, 2.45) is 4.99 Å². The van der Waals surface area contributed by atoms with Crippen molar-refractivity contribution in [2.45, 2.75) is 58.3 Å². The Morgan fingerprint density at radius 2 is 1.43 bits per heavy atom. The molecule has 0 amide bonds. The highest BCUT2D eigenvalue weighted by Crippen LogP contribution is 2.50. The summed E-state index contributed by atoms with van der Waals surface area (Å²) in [6.45, 7) is 2.38. The first-order valence-electron chi connectivity index (χ1n) is 7.32. The zero-order valence-electron chi connectivity index (χ0n) is 12.6. The third-order valence-electron chi connectivity index (χ3n) is 3.00. The largest absolute Gasteiger partial charge is 0.410 e. The number of nitrogens with zero attached hydrogens (tertiary/aromatic N) is 1. The maximum atomic E-state index is 11.1. The summed E-state index contributed by atoms with van der Waals surface area (Å²) in [6.07, 6.45) is 7.86. The van der Waals surface area contributed by atoms with Gasteiger partial charge in [0.2, 0.25) is 0 Å². The zero-order chi connectivity index (χ0) is 16.4. The minimum atomic E-state index is -4.65. The maximum absolute atomic E-state index is 11.1. The minimum absolute atomic E-state index is 0.218. The molecule has 0 aliphatic carbocycles. The Balaban J connectivity index is 3.98. The van der Waals surface area contributed by atoms with Gasteiger partial charge in [0.25, 0.3) is 0 Å². The second kappa shape index (κ2) is 10.8. The number of hydrogen-bond acceptors (Lipinski definition) is 5. The third kappa shape index (κ3) is 13.5. The fourth-order valence-corrected chi connectivity index (χ4v) is 3.95. The topological polar surface area (TPSA) is 131 Å². The van der Waals surface area contributed by atoms with Gasteiger partial charge in [-0.15, -0.1) is 0 Å². The average Bonchev–Trinajstić information content (AvgIpc) is 2.32. The van der Waals surface area contributed by atoms with Gasteiger partial charge in [0.15, 0.2) is 11.6 Å². The summed E-state index contributed by atoms with van der Waals surface area (Å²) in [4.78, 5) is 48.5. The Hall–Kier alpha value is 0.130. The highest BCUT2D eigenvalue weighted by molar-refractivity contribution is 7.74. The molecule has 0 aliphatic rings. The van der Waals surface area contributed by atoms with Gasteiger partial charge in [-0.3, -0.25) is 9.56 Å². The van der Waals surface area contributed by atoms with Crippen molar-refractivity contribution < 1.29 is 29.0 Å². The van der Waals surface area contributed by atoms with Crippen molar-refractivity contribution in [3.8, 4) is 0 Å². The quantitative estimate of drug-likeness (QED) is 0.210. The summed E-state index contributed by atoms with van der Waals surface area (Å²) < 4.78 is 11.1. The molecule has 0 aromatic carbocycles. The normalized spacial score (nSPS) is 13.7. The van der Waals surface area contributed by atoms with E-state index in [9.17, 15) is 4.57 Å². The van der Waals surface area contributed by atoms with E-state index in [0.29, 0.717) is 6.42 Å². The number of hydrogen-bond donors (Lipinski definition) is 5. The van der Waals surface area contributed by atoms with Gasteiger partial charge in [-0.2, -0.15) is 14.7 Å². The molecule has 0 atom stereocenters. The molecule has 0 unspecified atom stereocenters. The first-order chi connectivity index (χ1) is 9.67. The Bertz CT molecular complexity index is 350. The molecule has 0 aromatic rings. The van der Waals surface area contributed by atoms with E-state index in [1.807, 2.05) is 0 Å². The summed E-state index contributed by atoms with van der Waals surface area (Å²) >= 11 is 0. The van der Waals surface area contributed by atoms with Gasteiger partial charge in [0.1, 0.15) is 0 Å². The zero-order valence-corrected chi connectivity index (χ0v) is 14.3. The van der Waals surface area contributed by atoms with Gasteiger partial charge in [0.05, 0.1) is 0 Å². The predicted molar refractivity (Wildman–Crippen MR) is 85.4 cm³/mol. The van der Waals surface area contributed by atoms with E-state index < -0.39 is 27.2 Å². The molecule has 5 N–H and O–H groups in total. The van der Waals surface area contributed by atoms with E-state index in [1.54, 1.807) is 0 Å². The van der Waals surface area contributed by atoms with Crippen LogP contribution in [0.25, 0.3) is 0 Å². The van der Waals surface area contributed by atoms with Crippen LogP contribution in [0, 0.1) is 0 Å². The Kier molecular flexibility index (Phi) is 10.9. The Morgan fingerprint density at radius 1 is 0.952 bits per heavy atom. The fraction of sp³-hybridized carbons (Fsp3) is 0.917. The summed E-state index contributed by atoms with van der Waals surface area (Å²) in [7, 11) is -8.92. The second-order valence-corrected chi connectivity index (χ2v) is 8.47. The number of aliphatic imine (C=N–C) groups is 1. The van der Waals surface area contributed by atoms with Crippen LogP contribution in [-0.2, 0) is 4.57 Å². The SMILES string of the molecule is CCCCCCCCCCN=C(C[P+](O)(O)O)P(=O)(O)O. The van der Waals surface area contributed by atoms with E-state index in [2.05, 4.69) is 11.9 Å². The molecule has 0 aliphatic heterocycles. The lowest BCUT2D eigenvalue weighted by Crippen LogP contribution is -2.10. The standard InChI is InChI=1S/C12H27NO6P2/c1-2-3-4-5-6-7-8-9-10-13-12(21(17,18)19)11-20(14,15)16/h14-16H,2-11H2,1H3,(H-,17,18,19)/p+1. The summed E-state index contributed by atoms with van der Waals surface area (Å²) in [5.74, 6) is 0. The molecule has 0 bridgehead atoms. The average molecular weight is 344 g/mol. The van der Waals surface area contributed by atoms with Gasteiger partial charge in [-0.1, -0.05) is 51.9 Å². The molecule has 0 fully saturated rings. The Morgan fingerprint density at radius 3 is 1.86 bits per heavy atom. The lowest BCUT2D eigenvalue weighted by atomic mass is 10.1. The van der Waals surface area contributed by atoms with Gasteiger partial charge < -0.3 is 9.79 Å². The van der Waals surface area contributed by atoms with E-state index >= 15 is 0 Å². The molecule has 0 radical (unpaired) electrons. The highest BCUT2D eigenvalue weighted by Gasteiger charge is 2.39. The van der Waals surface area contributed by atoms with Gasteiger partial charge in [0, 0.05) is 6.54 Å². The van der Waals surface area contributed by atoms with Crippen LogP contribution in [0.2, 0.25) is 0 Å². The van der Waals surface area contributed by atoms with Crippen molar-refractivity contribution >= 4 is 21.0 Å².